The van der Waals surface area contributed by atoms with Gasteiger partial charge >= 0.3 is 5.97 Å². The number of halogens is 1. The zero-order chi connectivity index (χ0) is 11.8. The normalized spacial score (nSPS) is 10.6. The molecule has 0 unspecified atom stereocenters. The van der Waals surface area contributed by atoms with E-state index >= 15 is 0 Å². The van der Waals surface area contributed by atoms with E-state index in [1.54, 1.807) is 18.2 Å². The number of ether oxygens (including phenoxy) is 1. The molecule has 0 radical (unpaired) electrons. The van der Waals surface area contributed by atoms with Crippen molar-refractivity contribution in [3.05, 3.63) is 40.9 Å². The van der Waals surface area contributed by atoms with E-state index in [1.165, 1.54) is 6.08 Å². The quantitative estimate of drug-likeness (QED) is 0.444. The van der Waals surface area contributed by atoms with Gasteiger partial charge in [-0.1, -0.05) is 37.1 Å². The van der Waals surface area contributed by atoms with Crippen molar-refractivity contribution >= 4 is 23.6 Å². The Balaban J connectivity index is 2.44. The van der Waals surface area contributed by atoms with E-state index in [9.17, 15) is 4.79 Å². The van der Waals surface area contributed by atoms with Gasteiger partial charge in [-0.3, -0.25) is 0 Å². The average molecular weight is 239 g/mol. The fourth-order valence-electron chi connectivity index (χ4n) is 1.14. The highest BCUT2D eigenvalue weighted by atomic mass is 35.5. The molecule has 1 aromatic rings. The minimum Gasteiger partial charge on any atom is -0.463 e. The van der Waals surface area contributed by atoms with Gasteiger partial charge in [-0.15, -0.1) is 0 Å². The second-order valence-corrected chi connectivity index (χ2v) is 3.85. The summed E-state index contributed by atoms with van der Waals surface area (Å²) >= 11 is 5.81. The van der Waals surface area contributed by atoms with Gasteiger partial charge in [0, 0.05) is 11.1 Å². The molecule has 0 aromatic heterocycles. The molecule has 0 aliphatic carbocycles. The molecule has 0 fully saturated rings. The molecular formula is C13H15ClO2. The van der Waals surface area contributed by atoms with Crippen LogP contribution in [0.1, 0.15) is 25.3 Å². The number of esters is 1. The smallest absolute Gasteiger partial charge is 0.330 e. The van der Waals surface area contributed by atoms with Gasteiger partial charge < -0.3 is 4.74 Å². The van der Waals surface area contributed by atoms with Gasteiger partial charge in [-0.25, -0.2) is 4.79 Å². The maximum absolute atomic E-state index is 11.2. The predicted molar refractivity (Wildman–Crippen MR) is 66.4 cm³/mol. The van der Waals surface area contributed by atoms with E-state index in [4.69, 9.17) is 16.3 Å². The zero-order valence-electron chi connectivity index (χ0n) is 9.28. The van der Waals surface area contributed by atoms with Crippen LogP contribution in [0, 0.1) is 0 Å². The van der Waals surface area contributed by atoms with Crippen LogP contribution in [0.25, 0.3) is 6.08 Å². The van der Waals surface area contributed by atoms with Crippen LogP contribution in [0.3, 0.4) is 0 Å². The van der Waals surface area contributed by atoms with Crippen molar-refractivity contribution in [2.24, 2.45) is 0 Å². The van der Waals surface area contributed by atoms with Crippen molar-refractivity contribution in [2.75, 3.05) is 6.61 Å². The molecule has 86 valence electrons. The van der Waals surface area contributed by atoms with E-state index in [1.807, 2.05) is 12.1 Å². The maximum atomic E-state index is 11.2. The summed E-state index contributed by atoms with van der Waals surface area (Å²) in [5.41, 5.74) is 0.889. The number of hydrogen-bond donors (Lipinski definition) is 0. The summed E-state index contributed by atoms with van der Waals surface area (Å²) in [6.07, 6.45) is 5.03. The van der Waals surface area contributed by atoms with Gasteiger partial charge in [-0.05, 0) is 30.2 Å². The maximum Gasteiger partial charge on any atom is 0.330 e. The Hall–Kier alpha value is -1.28. The third-order valence-corrected chi connectivity index (χ3v) is 2.24. The second kappa shape index (κ2) is 7.07. The molecular weight excluding hydrogens is 224 g/mol. The first-order chi connectivity index (χ1) is 7.72. The molecule has 2 nitrogen and oxygen atoms in total. The largest absolute Gasteiger partial charge is 0.463 e. The zero-order valence-corrected chi connectivity index (χ0v) is 10.0. The highest BCUT2D eigenvalue weighted by Gasteiger charge is 1.96. The number of hydrogen-bond acceptors (Lipinski definition) is 2. The molecule has 0 N–H and O–H groups in total. The number of carbonyl (C=O) groups excluding carboxylic acids is 1. The number of carbonyl (C=O) groups is 1. The van der Waals surface area contributed by atoms with E-state index in [2.05, 4.69) is 6.92 Å². The molecule has 1 aromatic carbocycles. The molecule has 0 amide bonds. The lowest BCUT2D eigenvalue weighted by molar-refractivity contribution is -0.137. The van der Waals surface area contributed by atoms with E-state index < -0.39 is 0 Å². The summed E-state index contributed by atoms with van der Waals surface area (Å²) in [5.74, 6) is -0.312. The standard InChI is InChI=1S/C13H15ClO2/c1-2-3-9-16-13(15)8-7-11-5-4-6-12(14)10-11/h4-8,10H,2-3,9H2,1H3. The van der Waals surface area contributed by atoms with Gasteiger partial charge in [0.2, 0.25) is 0 Å². The van der Waals surface area contributed by atoms with Gasteiger partial charge in [0.05, 0.1) is 6.61 Å². The van der Waals surface area contributed by atoms with E-state index in [0.717, 1.165) is 18.4 Å². The number of rotatable bonds is 5. The minimum atomic E-state index is -0.312. The van der Waals surface area contributed by atoms with Crippen molar-refractivity contribution in [3.8, 4) is 0 Å². The predicted octanol–water partition coefficient (Wildman–Crippen LogP) is 3.70. The first kappa shape index (κ1) is 12.8. The fourth-order valence-corrected chi connectivity index (χ4v) is 1.34. The van der Waals surface area contributed by atoms with Crippen LogP contribution in [-0.4, -0.2) is 12.6 Å². The monoisotopic (exact) mass is 238 g/mol. The molecule has 3 heteroatoms. The van der Waals surface area contributed by atoms with E-state index in [0.29, 0.717) is 11.6 Å². The van der Waals surface area contributed by atoms with Crippen molar-refractivity contribution in [1.29, 1.82) is 0 Å². The van der Waals surface area contributed by atoms with Gasteiger partial charge in [-0.2, -0.15) is 0 Å². The lowest BCUT2D eigenvalue weighted by atomic mass is 10.2. The molecule has 0 heterocycles. The number of unbranched alkanes of at least 4 members (excludes halogenated alkanes) is 1. The summed E-state index contributed by atoms with van der Waals surface area (Å²) in [4.78, 5) is 11.2. The Morgan fingerprint density at radius 1 is 1.50 bits per heavy atom. The lowest BCUT2D eigenvalue weighted by Crippen LogP contribution is -2.01. The van der Waals surface area contributed by atoms with Gasteiger partial charge in [0.15, 0.2) is 0 Å². The van der Waals surface area contributed by atoms with Crippen molar-refractivity contribution in [2.45, 2.75) is 19.8 Å². The lowest BCUT2D eigenvalue weighted by Gasteiger charge is -1.99. The second-order valence-electron chi connectivity index (χ2n) is 3.41. The van der Waals surface area contributed by atoms with E-state index in [-0.39, 0.29) is 5.97 Å². The Kier molecular flexibility index (Phi) is 5.65. The fraction of sp³-hybridized carbons (Fsp3) is 0.308. The Morgan fingerprint density at radius 3 is 3.00 bits per heavy atom. The molecule has 1 rings (SSSR count). The molecule has 0 saturated carbocycles. The van der Waals surface area contributed by atoms with Crippen LogP contribution in [-0.2, 0) is 9.53 Å². The molecule has 0 aliphatic heterocycles. The highest BCUT2D eigenvalue weighted by molar-refractivity contribution is 6.30. The summed E-state index contributed by atoms with van der Waals surface area (Å²) < 4.78 is 4.98. The van der Waals surface area contributed by atoms with Crippen molar-refractivity contribution in [3.63, 3.8) is 0 Å². The highest BCUT2D eigenvalue weighted by Crippen LogP contribution is 2.11. The van der Waals surface area contributed by atoms with Crippen molar-refractivity contribution < 1.29 is 9.53 Å². The number of benzene rings is 1. The average Bonchev–Trinajstić information content (AvgIpc) is 2.27. The minimum absolute atomic E-state index is 0.312. The van der Waals surface area contributed by atoms with Crippen LogP contribution in [0.2, 0.25) is 5.02 Å². The van der Waals surface area contributed by atoms with Gasteiger partial charge in [0.25, 0.3) is 0 Å². The summed E-state index contributed by atoms with van der Waals surface area (Å²) in [7, 11) is 0. The molecule has 16 heavy (non-hydrogen) atoms. The van der Waals surface area contributed by atoms with Crippen LogP contribution in [0.4, 0.5) is 0 Å². The summed E-state index contributed by atoms with van der Waals surface area (Å²) in [6, 6.07) is 7.29. The molecule has 0 spiro atoms. The van der Waals surface area contributed by atoms with Crippen LogP contribution in [0.5, 0.6) is 0 Å². The van der Waals surface area contributed by atoms with Crippen molar-refractivity contribution in [1.82, 2.24) is 0 Å². The molecule has 0 aliphatic rings. The Morgan fingerprint density at radius 2 is 2.31 bits per heavy atom. The Labute approximate surface area is 101 Å². The Bertz CT molecular complexity index is 372. The van der Waals surface area contributed by atoms with Crippen LogP contribution >= 0.6 is 11.6 Å². The summed E-state index contributed by atoms with van der Waals surface area (Å²) in [6.45, 7) is 2.53. The molecule has 0 saturated heterocycles. The van der Waals surface area contributed by atoms with Gasteiger partial charge in [0.1, 0.15) is 0 Å². The molecule has 0 atom stereocenters. The van der Waals surface area contributed by atoms with Crippen LogP contribution < -0.4 is 0 Å². The van der Waals surface area contributed by atoms with Crippen LogP contribution in [0.15, 0.2) is 30.3 Å². The first-order valence-electron chi connectivity index (χ1n) is 5.33. The first-order valence-corrected chi connectivity index (χ1v) is 5.70. The SMILES string of the molecule is CCCCOC(=O)C=Cc1cccc(Cl)c1. The third kappa shape index (κ3) is 4.99. The topological polar surface area (TPSA) is 26.3 Å². The third-order valence-electron chi connectivity index (χ3n) is 2.00. The molecule has 0 bridgehead atoms. The summed E-state index contributed by atoms with van der Waals surface area (Å²) in [5, 5.41) is 0.654.